The number of nitrogen functional groups attached to an aromatic ring is 1. The van der Waals surface area contributed by atoms with E-state index in [1.807, 2.05) is 25.3 Å². The number of nitrogens with one attached hydrogen (secondary N) is 1. The molecule has 1 rings (SSSR count). The van der Waals surface area contributed by atoms with Gasteiger partial charge in [-0.15, -0.1) is 0 Å². The van der Waals surface area contributed by atoms with Gasteiger partial charge in [-0.1, -0.05) is 0 Å². The van der Waals surface area contributed by atoms with Crippen LogP contribution in [0.1, 0.15) is 12.5 Å². The molecule has 3 nitrogen and oxygen atoms in total. The highest BCUT2D eigenvalue weighted by molar-refractivity contribution is 9.10. The quantitative estimate of drug-likeness (QED) is 0.731. The molecular formula is C12H19BrN2OS. The molecule has 0 aliphatic rings. The van der Waals surface area contributed by atoms with E-state index in [-0.39, 0.29) is 17.9 Å². The smallest absolute Gasteiger partial charge is 0.0569 e. The molecule has 0 amide bonds. The molecule has 0 heterocycles. The lowest BCUT2D eigenvalue weighted by Gasteiger charge is -2.23. The van der Waals surface area contributed by atoms with Gasteiger partial charge in [0.25, 0.3) is 0 Å². The number of aliphatic hydroxyl groups is 1. The number of aliphatic hydroxyl groups excluding tert-OH is 1. The Balaban J connectivity index is 2.84. The lowest BCUT2D eigenvalue weighted by molar-refractivity contribution is 0.288. The summed E-state index contributed by atoms with van der Waals surface area (Å²) in [5.74, 6) is 0. The second-order valence-corrected chi connectivity index (χ2v) is 6.01. The molecule has 2 atom stereocenters. The van der Waals surface area contributed by atoms with Gasteiger partial charge in [0.15, 0.2) is 0 Å². The van der Waals surface area contributed by atoms with E-state index in [0.717, 1.165) is 21.4 Å². The number of benzene rings is 1. The van der Waals surface area contributed by atoms with Crippen molar-refractivity contribution in [2.75, 3.05) is 23.9 Å². The zero-order valence-electron chi connectivity index (χ0n) is 10.3. The van der Waals surface area contributed by atoms with E-state index >= 15 is 0 Å². The van der Waals surface area contributed by atoms with Crippen LogP contribution >= 0.6 is 27.7 Å². The van der Waals surface area contributed by atoms with Crippen LogP contribution in [0.2, 0.25) is 0 Å². The van der Waals surface area contributed by atoms with Gasteiger partial charge in [0.1, 0.15) is 0 Å². The maximum Gasteiger partial charge on any atom is 0.0569 e. The number of rotatable bonds is 5. The normalized spacial score (nSPS) is 14.4. The van der Waals surface area contributed by atoms with Crippen LogP contribution in [-0.2, 0) is 0 Å². The molecular weight excluding hydrogens is 300 g/mol. The summed E-state index contributed by atoms with van der Waals surface area (Å²) >= 11 is 5.15. The number of anilines is 2. The number of hydrogen-bond acceptors (Lipinski definition) is 4. The van der Waals surface area contributed by atoms with Gasteiger partial charge >= 0.3 is 0 Å². The molecule has 2 unspecified atom stereocenters. The van der Waals surface area contributed by atoms with Crippen LogP contribution in [0.5, 0.6) is 0 Å². The fraction of sp³-hybridized carbons (Fsp3) is 0.500. The molecule has 0 saturated heterocycles. The first-order chi connectivity index (χ1) is 7.99. The predicted octanol–water partition coefficient (Wildman–Crippen LogP) is 2.86. The van der Waals surface area contributed by atoms with Crippen LogP contribution < -0.4 is 11.1 Å². The fourth-order valence-electron chi connectivity index (χ4n) is 1.58. The highest BCUT2D eigenvalue weighted by Crippen LogP contribution is 2.29. The number of halogens is 1. The summed E-state index contributed by atoms with van der Waals surface area (Å²) < 4.78 is 0.949. The zero-order valence-corrected chi connectivity index (χ0v) is 12.7. The molecule has 4 N–H and O–H groups in total. The van der Waals surface area contributed by atoms with Crippen molar-refractivity contribution in [3.05, 3.63) is 22.2 Å². The van der Waals surface area contributed by atoms with Crippen molar-refractivity contribution in [3.8, 4) is 0 Å². The first-order valence-corrected chi connectivity index (χ1v) is 7.53. The summed E-state index contributed by atoms with van der Waals surface area (Å²) in [5, 5.41) is 12.8. The van der Waals surface area contributed by atoms with Gasteiger partial charge in [-0.05, 0) is 53.7 Å². The summed E-state index contributed by atoms with van der Waals surface area (Å²) in [5.41, 5.74) is 8.67. The zero-order chi connectivity index (χ0) is 13.0. The molecule has 17 heavy (non-hydrogen) atoms. The van der Waals surface area contributed by atoms with Crippen LogP contribution in [0.25, 0.3) is 0 Å². The molecule has 0 aromatic heterocycles. The first kappa shape index (κ1) is 14.7. The molecule has 0 aliphatic carbocycles. The number of hydrogen-bond donors (Lipinski definition) is 3. The van der Waals surface area contributed by atoms with Crippen molar-refractivity contribution in [2.24, 2.45) is 0 Å². The van der Waals surface area contributed by atoms with E-state index in [1.54, 1.807) is 11.8 Å². The summed E-state index contributed by atoms with van der Waals surface area (Å²) in [7, 11) is 0. The minimum atomic E-state index is 0.168. The van der Waals surface area contributed by atoms with Crippen molar-refractivity contribution in [3.63, 3.8) is 0 Å². The molecule has 5 heteroatoms. The third-order valence-electron chi connectivity index (χ3n) is 2.78. The van der Waals surface area contributed by atoms with Crippen LogP contribution in [-0.4, -0.2) is 29.3 Å². The molecule has 0 saturated carbocycles. The van der Waals surface area contributed by atoms with Gasteiger partial charge in [-0.2, -0.15) is 11.8 Å². The lowest BCUT2D eigenvalue weighted by atomic mass is 10.1. The highest BCUT2D eigenvalue weighted by atomic mass is 79.9. The first-order valence-electron chi connectivity index (χ1n) is 5.45. The Kier molecular flexibility index (Phi) is 5.62. The molecule has 0 aliphatic heterocycles. The van der Waals surface area contributed by atoms with Crippen LogP contribution in [0.15, 0.2) is 16.6 Å². The van der Waals surface area contributed by atoms with E-state index in [1.165, 1.54) is 0 Å². The predicted molar refractivity (Wildman–Crippen MR) is 80.8 cm³/mol. The number of nitrogens with two attached hydrogens (primary N) is 1. The topological polar surface area (TPSA) is 58.3 Å². The molecule has 0 fully saturated rings. The van der Waals surface area contributed by atoms with Gasteiger partial charge in [-0.25, -0.2) is 0 Å². The summed E-state index contributed by atoms with van der Waals surface area (Å²) in [6.07, 6.45) is 2.00. The Morgan fingerprint density at radius 2 is 2.18 bits per heavy atom. The van der Waals surface area contributed by atoms with E-state index in [2.05, 4.69) is 28.2 Å². The molecule has 0 bridgehead atoms. The maximum absolute atomic E-state index is 9.25. The van der Waals surface area contributed by atoms with E-state index in [9.17, 15) is 5.11 Å². The molecule has 1 aromatic rings. The number of aryl methyl sites for hydroxylation is 1. The SMILES string of the molecule is CSC(CO)C(C)Nc1cc(C)c(N)cc1Br. The van der Waals surface area contributed by atoms with Crippen LogP contribution in [0.3, 0.4) is 0 Å². The van der Waals surface area contributed by atoms with Crippen molar-refractivity contribution in [1.82, 2.24) is 0 Å². The van der Waals surface area contributed by atoms with Crippen LogP contribution in [0, 0.1) is 6.92 Å². The Morgan fingerprint density at radius 1 is 1.53 bits per heavy atom. The molecule has 96 valence electrons. The van der Waals surface area contributed by atoms with Gasteiger partial charge in [-0.3, -0.25) is 0 Å². The fourth-order valence-corrected chi connectivity index (χ4v) is 2.68. The average Bonchev–Trinajstić information content (AvgIpc) is 2.27. The highest BCUT2D eigenvalue weighted by Gasteiger charge is 2.16. The Labute approximate surface area is 115 Å². The van der Waals surface area contributed by atoms with Crippen molar-refractivity contribution in [1.29, 1.82) is 0 Å². The summed E-state index contributed by atoms with van der Waals surface area (Å²) in [4.78, 5) is 0. The molecule has 0 spiro atoms. The van der Waals surface area contributed by atoms with E-state index in [0.29, 0.717) is 0 Å². The minimum absolute atomic E-state index is 0.168. The van der Waals surface area contributed by atoms with Crippen LogP contribution in [0.4, 0.5) is 11.4 Å². The average molecular weight is 319 g/mol. The maximum atomic E-state index is 9.25. The largest absolute Gasteiger partial charge is 0.398 e. The van der Waals surface area contributed by atoms with Crippen molar-refractivity contribution < 1.29 is 5.11 Å². The van der Waals surface area contributed by atoms with E-state index < -0.39 is 0 Å². The third-order valence-corrected chi connectivity index (χ3v) is 4.60. The Hall–Kier alpha value is -0.390. The lowest BCUT2D eigenvalue weighted by Crippen LogP contribution is -2.31. The van der Waals surface area contributed by atoms with Gasteiger partial charge in [0.05, 0.1) is 6.61 Å². The minimum Gasteiger partial charge on any atom is -0.398 e. The molecule has 0 radical (unpaired) electrons. The van der Waals surface area contributed by atoms with Gasteiger partial charge in [0.2, 0.25) is 0 Å². The van der Waals surface area contributed by atoms with E-state index in [4.69, 9.17) is 5.73 Å². The third kappa shape index (κ3) is 3.79. The van der Waals surface area contributed by atoms with Crippen molar-refractivity contribution >= 4 is 39.1 Å². The van der Waals surface area contributed by atoms with Gasteiger partial charge < -0.3 is 16.2 Å². The second kappa shape index (κ2) is 6.52. The van der Waals surface area contributed by atoms with Gasteiger partial charge in [0, 0.05) is 27.1 Å². The molecule has 1 aromatic carbocycles. The standard InChI is InChI=1S/C12H19BrN2OS/c1-7-4-11(9(13)5-10(7)14)15-8(2)12(6-16)17-3/h4-5,8,12,15-16H,6,14H2,1-3H3. The summed E-state index contributed by atoms with van der Waals surface area (Å²) in [6, 6.07) is 4.11. The Morgan fingerprint density at radius 3 is 2.71 bits per heavy atom. The Bertz CT molecular complexity index is 383. The number of thioether (sulfide) groups is 1. The monoisotopic (exact) mass is 318 g/mol. The summed E-state index contributed by atoms with van der Waals surface area (Å²) in [6.45, 7) is 4.21. The second-order valence-electron chi connectivity index (χ2n) is 4.08. The van der Waals surface area contributed by atoms with Crippen molar-refractivity contribution in [2.45, 2.75) is 25.1 Å².